The molecule has 9 heteroatoms. The molecule has 1 amide bonds. The zero-order chi connectivity index (χ0) is 23.2. The highest BCUT2D eigenvalue weighted by Crippen LogP contribution is 2.27. The van der Waals surface area contributed by atoms with E-state index in [4.69, 9.17) is 0 Å². The van der Waals surface area contributed by atoms with Gasteiger partial charge in [-0.25, -0.2) is 4.68 Å². The van der Waals surface area contributed by atoms with Crippen LogP contribution in [-0.4, -0.2) is 27.5 Å². The number of halogens is 2. The number of carbonyl (C=O) groups is 1. The van der Waals surface area contributed by atoms with Gasteiger partial charge in [0, 0.05) is 24.1 Å². The smallest absolute Gasteiger partial charge is 0.387 e. The van der Waals surface area contributed by atoms with Crippen LogP contribution in [0.1, 0.15) is 17.5 Å². The van der Waals surface area contributed by atoms with Crippen LogP contribution in [0.2, 0.25) is 0 Å². The molecule has 3 aromatic carbocycles. The molecule has 168 valence electrons. The van der Waals surface area contributed by atoms with Gasteiger partial charge in [0.1, 0.15) is 11.3 Å². The summed E-state index contributed by atoms with van der Waals surface area (Å²) in [6.07, 6.45) is 0.338. The molecule has 0 atom stereocenters. The van der Waals surface area contributed by atoms with Gasteiger partial charge in [0.25, 0.3) is 5.56 Å². The van der Waals surface area contributed by atoms with Crippen molar-refractivity contribution in [1.82, 2.24) is 15.0 Å². The number of fused-ring (bicyclic) bond motifs is 1. The lowest BCUT2D eigenvalue weighted by molar-refractivity contribution is -0.116. The number of nitrogens with zero attached hydrogens (tertiary/aromatic N) is 3. The Balaban J connectivity index is 1.46. The van der Waals surface area contributed by atoms with Gasteiger partial charge in [-0.05, 0) is 35.9 Å². The number of ether oxygens (including phenoxy) is 1. The molecule has 0 saturated heterocycles. The second-order valence-corrected chi connectivity index (χ2v) is 7.30. The number of aryl methyl sites for hydroxylation is 1. The normalized spacial score (nSPS) is 11.0. The Labute approximate surface area is 187 Å². The minimum Gasteiger partial charge on any atom is -0.435 e. The van der Waals surface area contributed by atoms with Crippen molar-refractivity contribution >= 4 is 22.5 Å². The van der Waals surface area contributed by atoms with Crippen LogP contribution >= 0.6 is 0 Å². The van der Waals surface area contributed by atoms with Crippen molar-refractivity contribution in [3.8, 4) is 5.75 Å². The van der Waals surface area contributed by atoms with Gasteiger partial charge in [-0.3, -0.25) is 9.59 Å². The highest BCUT2D eigenvalue weighted by atomic mass is 19.3. The quantitative estimate of drug-likeness (QED) is 0.438. The van der Waals surface area contributed by atoms with Gasteiger partial charge in [0.15, 0.2) is 0 Å². The van der Waals surface area contributed by atoms with Crippen LogP contribution in [0.15, 0.2) is 77.6 Å². The lowest BCUT2D eigenvalue weighted by Crippen LogP contribution is -2.26. The molecule has 0 bridgehead atoms. The van der Waals surface area contributed by atoms with Crippen LogP contribution in [-0.2, 0) is 17.8 Å². The van der Waals surface area contributed by atoms with Crippen molar-refractivity contribution in [2.24, 2.45) is 0 Å². The number of alkyl halides is 2. The van der Waals surface area contributed by atoms with Crippen LogP contribution in [0, 0.1) is 0 Å². The molecule has 0 fully saturated rings. The van der Waals surface area contributed by atoms with Crippen molar-refractivity contribution < 1.29 is 18.3 Å². The molecular weight excluding hydrogens is 430 g/mol. The molecule has 0 spiro atoms. The van der Waals surface area contributed by atoms with Gasteiger partial charge >= 0.3 is 6.61 Å². The first-order valence-electron chi connectivity index (χ1n) is 10.2. The van der Waals surface area contributed by atoms with E-state index in [1.54, 1.807) is 30.3 Å². The summed E-state index contributed by atoms with van der Waals surface area (Å²) in [6, 6.07) is 20.7. The van der Waals surface area contributed by atoms with E-state index in [2.05, 4.69) is 20.4 Å². The Morgan fingerprint density at radius 2 is 1.79 bits per heavy atom. The fourth-order valence-electron chi connectivity index (χ4n) is 3.42. The number of anilines is 1. The zero-order valence-corrected chi connectivity index (χ0v) is 17.4. The van der Waals surface area contributed by atoms with Gasteiger partial charge in [0.05, 0.1) is 11.9 Å². The van der Waals surface area contributed by atoms with Gasteiger partial charge in [-0.15, -0.1) is 5.10 Å². The highest BCUT2D eigenvalue weighted by molar-refractivity contribution is 5.90. The van der Waals surface area contributed by atoms with E-state index in [1.165, 1.54) is 12.1 Å². The van der Waals surface area contributed by atoms with Crippen molar-refractivity contribution in [2.45, 2.75) is 26.0 Å². The number of hydrogen-bond acceptors (Lipinski definition) is 5. The maximum atomic E-state index is 12.8. The molecular formula is C24H20F2N4O3. The van der Waals surface area contributed by atoms with E-state index < -0.39 is 6.61 Å². The molecule has 7 nitrogen and oxygen atoms in total. The van der Waals surface area contributed by atoms with Crippen LogP contribution in [0.5, 0.6) is 5.75 Å². The van der Waals surface area contributed by atoms with Crippen LogP contribution in [0.25, 0.3) is 10.9 Å². The molecule has 0 saturated carbocycles. The van der Waals surface area contributed by atoms with Crippen LogP contribution in [0.4, 0.5) is 14.5 Å². The van der Waals surface area contributed by atoms with Gasteiger partial charge < -0.3 is 10.1 Å². The maximum Gasteiger partial charge on any atom is 0.387 e. The van der Waals surface area contributed by atoms with E-state index in [0.717, 1.165) is 10.2 Å². The lowest BCUT2D eigenvalue weighted by atomic mass is 10.0. The predicted molar refractivity (Wildman–Crippen MR) is 119 cm³/mol. The Bertz CT molecular complexity index is 1330. The van der Waals surface area contributed by atoms with Crippen molar-refractivity contribution in [3.05, 3.63) is 94.3 Å². The molecule has 0 aliphatic heterocycles. The van der Waals surface area contributed by atoms with Gasteiger partial charge in [-0.1, -0.05) is 47.7 Å². The van der Waals surface area contributed by atoms with Crippen LogP contribution in [0.3, 0.4) is 0 Å². The molecule has 1 aromatic heterocycles. The minimum atomic E-state index is -2.96. The average Bonchev–Trinajstić information content (AvgIpc) is 2.81. The number of amides is 1. The third kappa shape index (κ3) is 5.57. The molecule has 0 aliphatic carbocycles. The summed E-state index contributed by atoms with van der Waals surface area (Å²) in [5, 5.41) is 11.0. The molecule has 0 aliphatic rings. The molecule has 1 heterocycles. The zero-order valence-electron chi connectivity index (χ0n) is 17.4. The first-order valence-corrected chi connectivity index (χ1v) is 10.2. The Kier molecular flexibility index (Phi) is 6.68. The highest BCUT2D eigenvalue weighted by Gasteiger charge is 2.13. The monoisotopic (exact) mass is 450 g/mol. The first-order chi connectivity index (χ1) is 16.0. The topological polar surface area (TPSA) is 86.1 Å². The summed E-state index contributed by atoms with van der Waals surface area (Å²) in [7, 11) is 0. The number of nitrogens with one attached hydrogen (secondary N) is 1. The Hall–Kier alpha value is -4.14. The first kappa shape index (κ1) is 22.1. The van der Waals surface area contributed by atoms with E-state index in [9.17, 15) is 18.4 Å². The largest absolute Gasteiger partial charge is 0.435 e. The minimum absolute atomic E-state index is 0.0176. The summed E-state index contributed by atoms with van der Waals surface area (Å²) in [5.74, 6) is -0.310. The van der Waals surface area contributed by atoms with E-state index in [-0.39, 0.29) is 30.2 Å². The number of aromatic nitrogens is 3. The van der Waals surface area contributed by atoms with Crippen LogP contribution < -0.4 is 15.6 Å². The summed E-state index contributed by atoms with van der Waals surface area (Å²) in [5.41, 5.74) is 2.02. The molecule has 0 radical (unpaired) electrons. The molecule has 1 N–H and O–H groups in total. The number of hydrogen-bond donors (Lipinski definition) is 1. The molecule has 4 rings (SSSR count). The van der Waals surface area contributed by atoms with Gasteiger partial charge in [-0.2, -0.15) is 8.78 Å². The van der Waals surface area contributed by atoms with Crippen molar-refractivity contribution in [1.29, 1.82) is 0 Å². The molecule has 33 heavy (non-hydrogen) atoms. The third-order valence-corrected chi connectivity index (χ3v) is 4.98. The van der Waals surface area contributed by atoms with E-state index in [1.807, 2.05) is 30.3 Å². The fourth-order valence-corrected chi connectivity index (χ4v) is 3.42. The number of carbonyl (C=O) groups excluding carboxylic acids is 1. The third-order valence-electron chi connectivity index (χ3n) is 4.98. The summed E-state index contributed by atoms with van der Waals surface area (Å²) < 4.78 is 31.4. The standard InChI is InChI=1S/C24H20F2N4O3/c25-24(26)33-21-11-10-18(15-17(21)14-16-6-2-1-3-7-16)27-22(31)12-13-30-23(32)19-8-4-5-9-20(19)28-29-30/h1-11,15,24H,12-14H2,(H,27,31). The summed E-state index contributed by atoms with van der Waals surface area (Å²) in [6.45, 7) is -2.91. The predicted octanol–water partition coefficient (Wildman–Crippen LogP) is 4.01. The SMILES string of the molecule is O=C(CCn1nnc2ccccc2c1=O)Nc1ccc(OC(F)F)c(Cc2ccccc2)c1. The fraction of sp³-hybridized carbons (Fsp3) is 0.167. The maximum absolute atomic E-state index is 12.8. The average molecular weight is 450 g/mol. The van der Waals surface area contributed by atoms with Gasteiger partial charge in [0.2, 0.25) is 5.91 Å². The van der Waals surface area contributed by atoms with E-state index >= 15 is 0 Å². The van der Waals surface area contributed by atoms with Crippen molar-refractivity contribution in [2.75, 3.05) is 5.32 Å². The van der Waals surface area contributed by atoms with Crippen molar-refractivity contribution in [3.63, 3.8) is 0 Å². The Morgan fingerprint density at radius 1 is 1.03 bits per heavy atom. The second-order valence-electron chi connectivity index (χ2n) is 7.30. The molecule has 0 unspecified atom stereocenters. The number of rotatable bonds is 8. The summed E-state index contributed by atoms with van der Waals surface area (Å²) >= 11 is 0. The lowest BCUT2D eigenvalue weighted by Gasteiger charge is -2.13. The molecule has 4 aromatic rings. The number of benzene rings is 3. The summed E-state index contributed by atoms with van der Waals surface area (Å²) in [4.78, 5) is 25.0. The second kappa shape index (κ2) is 9.99. The van der Waals surface area contributed by atoms with E-state index in [0.29, 0.717) is 28.6 Å². The Morgan fingerprint density at radius 3 is 2.58 bits per heavy atom.